The Morgan fingerprint density at radius 3 is 2.84 bits per heavy atom. The molecule has 1 N–H and O–H groups in total. The minimum atomic E-state index is -0.435. The molecule has 0 aliphatic rings. The van der Waals surface area contributed by atoms with E-state index < -0.39 is 5.63 Å². The molecule has 4 rings (SSSR count). The van der Waals surface area contributed by atoms with Crippen molar-refractivity contribution >= 4 is 43.6 Å². The molecular weight excluding hydrogens is 412 g/mol. The summed E-state index contributed by atoms with van der Waals surface area (Å²) in [5, 5.41) is 4.20. The molecule has 158 valence electrons. The molecule has 0 unspecified atom stereocenters. The van der Waals surface area contributed by atoms with Crippen LogP contribution in [0.5, 0.6) is 5.75 Å². The van der Waals surface area contributed by atoms with Gasteiger partial charge in [0.15, 0.2) is 5.13 Å². The highest BCUT2D eigenvalue weighted by molar-refractivity contribution is 7.22. The summed E-state index contributed by atoms with van der Waals surface area (Å²) in [4.78, 5) is 29.4. The molecule has 1 amide bonds. The second kappa shape index (κ2) is 8.73. The number of fused-ring (bicyclic) bond motifs is 2. The van der Waals surface area contributed by atoms with Crippen LogP contribution in [0.1, 0.15) is 24.5 Å². The van der Waals surface area contributed by atoms with Crippen molar-refractivity contribution in [1.82, 2.24) is 4.98 Å². The second-order valence-corrected chi connectivity index (χ2v) is 8.46. The Kier molecular flexibility index (Phi) is 5.86. The predicted octanol–water partition coefficient (Wildman–Crippen LogP) is 5.24. The molecule has 0 atom stereocenters. The van der Waals surface area contributed by atoms with Crippen LogP contribution in [0.15, 0.2) is 63.8 Å². The predicted molar refractivity (Wildman–Crippen MR) is 124 cm³/mol. The third kappa shape index (κ3) is 4.67. The number of hydrogen-bond donors (Lipinski definition) is 1. The lowest BCUT2D eigenvalue weighted by molar-refractivity contribution is -0.116. The lowest BCUT2D eigenvalue weighted by Gasteiger charge is -2.10. The highest BCUT2D eigenvalue weighted by atomic mass is 32.1. The Morgan fingerprint density at radius 1 is 1.26 bits per heavy atom. The number of hydrogen-bond acceptors (Lipinski definition) is 6. The van der Waals surface area contributed by atoms with Gasteiger partial charge in [0.1, 0.15) is 17.9 Å². The molecule has 0 radical (unpaired) electrons. The van der Waals surface area contributed by atoms with Gasteiger partial charge < -0.3 is 14.5 Å². The normalized spacial score (nSPS) is 11.0. The Morgan fingerprint density at radius 2 is 2.06 bits per heavy atom. The number of thiazole rings is 1. The van der Waals surface area contributed by atoms with E-state index in [1.165, 1.54) is 11.3 Å². The maximum atomic E-state index is 12.6. The number of carbonyl (C=O) groups excluding carboxylic acids is 1. The van der Waals surface area contributed by atoms with E-state index in [-0.39, 0.29) is 18.7 Å². The van der Waals surface area contributed by atoms with Gasteiger partial charge in [0, 0.05) is 23.4 Å². The molecule has 2 aromatic heterocycles. The number of nitrogens with zero attached hydrogens (tertiary/aromatic N) is 1. The quantitative estimate of drug-likeness (QED) is 0.318. The number of para-hydroxylation sites is 1. The summed E-state index contributed by atoms with van der Waals surface area (Å²) >= 11 is 1.42. The zero-order chi connectivity index (χ0) is 22.0. The Hall–Kier alpha value is -3.45. The van der Waals surface area contributed by atoms with Crippen LogP contribution >= 0.6 is 11.3 Å². The largest absolute Gasteiger partial charge is 0.489 e. The zero-order valence-electron chi connectivity index (χ0n) is 17.4. The third-order valence-electron chi connectivity index (χ3n) is 4.89. The number of rotatable bonds is 7. The van der Waals surface area contributed by atoms with Crippen LogP contribution in [0.2, 0.25) is 0 Å². The van der Waals surface area contributed by atoms with Crippen LogP contribution in [0.25, 0.3) is 21.2 Å². The van der Waals surface area contributed by atoms with Gasteiger partial charge in [-0.05, 0) is 55.7 Å². The molecule has 0 spiro atoms. The number of carbonyl (C=O) groups is 1. The van der Waals surface area contributed by atoms with Crippen molar-refractivity contribution < 1.29 is 13.9 Å². The van der Waals surface area contributed by atoms with Gasteiger partial charge in [0.2, 0.25) is 5.91 Å². The molecule has 0 saturated carbocycles. The molecule has 0 aliphatic carbocycles. The molecule has 31 heavy (non-hydrogen) atoms. The van der Waals surface area contributed by atoms with Gasteiger partial charge in [-0.3, -0.25) is 4.79 Å². The third-order valence-corrected chi connectivity index (χ3v) is 5.84. The van der Waals surface area contributed by atoms with Crippen LogP contribution in [0, 0.1) is 6.92 Å². The van der Waals surface area contributed by atoms with Gasteiger partial charge in [-0.25, -0.2) is 9.78 Å². The first kappa shape index (κ1) is 20.8. The average molecular weight is 435 g/mol. The smallest absolute Gasteiger partial charge is 0.339 e. The Bertz CT molecular complexity index is 1320. The van der Waals surface area contributed by atoms with E-state index in [1.807, 2.05) is 50.2 Å². The van der Waals surface area contributed by atoms with E-state index in [4.69, 9.17) is 9.15 Å². The minimum absolute atomic E-state index is 0.160. The molecule has 6 nitrogen and oxygen atoms in total. The molecule has 0 saturated heterocycles. The summed E-state index contributed by atoms with van der Waals surface area (Å²) in [5.41, 5.74) is 3.09. The van der Waals surface area contributed by atoms with Crippen molar-refractivity contribution in [3.8, 4) is 5.75 Å². The van der Waals surface area contributed by atoms with Crippen molar-refractivity contribution in [2.45, 2.75) is 26.7 Å². The summed E-state index contributed by atoms with van der Waals surface area (Å²) in [7, 11) is 0. The first-order valence-electron chi connectivity index (χ1n) is 9.89. The first-order chi connectivity index (χ1) is 14.9. The fraction of sp³-hybridized carbons (Fsp3) is 0.208. The molecule has 7 heteroatoms. The van der Waals surface area contributed by atoms with E-state index >= 15 is 0 Å². The molecule has 0 aliphatic heterocycles. The summed E-state index contributed by atoms with van der Waals surface area (Å²) < 4.78 is 12.1. The van der Waals surface area contributed by atoms with Crippen molar-refractivity contribution in [1.29, 1.82) is 0 Å². The SMILES string of the molecule is C=C(C)COc1ccc2c(C)c(CCC(=O)Nc3nc4ccccc4s3)c(=O)oc2c1. The van der Waals surface area contributed by atoms with Gasteiger partial charge in [0.05, 0.1) is 10.2 Å². The topological polar surface area (TPSA) is 81.4 Å². The molecule has 2 heterocycles. The summed E-state index contributed by atoms with van der Waals surface area (Å²) in [6.07, 6.45) is 0.446. The van der Waals surface area contributed by atoms with Gasteiger partial charge in [0.25, 0.3) is 0 Å². The van der Waals surface area contributed by atoms with E-state index in [0.29, 0.717) is 28.6 Å². The number of amides is 1. The number of nitrogens with one attached hydrogen (secondary N) is 1. The summed E-state index contributed by atoms with van der Waals surface area (Å²) in [5.74, 6) is 0.419. The van der Waals surface area contributed by atoms with Gasteiger partial charge in [-0.2, -0.15) is 0 Å². The fourth-order valence-corrected chi connectivity index (χ4v) is 4.19. The zero-order valence-corrected chi connectivity index (χ0v) is 18.2. The van der Waals surface area contributed by atoms with Crippen LogP contribution < -0.4 is 15.7 Å². The molecular formula is C24H22N2O4S. The maximum Gasteiger partial charge on any atom is 0.339 e. The van der Waals surface area contributed by atoms with Crippen molar-refractivity contribution in [2.24, 2.45) is 0 Å². The Balaban J connectivity index is 1.48. The monoisotopic (exact) mass is 434 g/mol. The lowest BCUT2D eigenvalue weighted by Crippen LogP contribution is -2.16. The maximum absolute atomic E-state index is 12.6. The van der Waals surface area contributed by atoms with E-state index in [0.717, 1.165) is 26.7 Å². The van der Waals surface area contributed by atoms with Crippen molar-refractivity contribution in [3.05, 3.63) is 76.2 Å². The second-order valence-electron chi connectivity index (χ2n) is 7.43. The Labute approximate surface area is 183 Å². The molecule has 2 aromatic carbocycles. The van der Waals surface area contributed by atoms with Crippen molar-refractivity contribution in [2.75, 3.05) is 11.9 Å². The summed E-state index contributed by atoms with van der Waals surface area (Å²) in [6, 6.07) is 13.1. The van der Waals surface area contributed by atoms with Crippen LogP contribution in [-0.2, 0) is 11.2 Å². The van der Waals surface area contributed by atoms with Crippen LogP contribution in [0.3, 0.4) is 0 Å². The molecule has 0 fully saturated rings. The standard InChI is InChI=1S/C24H22N2O4S/c1-14(2)13-29-16-8-9-17-15(3)18(23(28)30-20(17)12-16)10-11-22(27)26-24-25-19-6-4-5-7-21(19)31-24/h4-9,12H,1,10-11,13H2,2-3H3,(H,25,26,27). The highest BCUT2D eigenvalue weighted by Crippen LogP contribution is 2.27. The van der Waals surface area contributed by atoms with Gasteiger partial charge in [-0.1, -0.05) is 30.0 Å². The van der Waals surface area contributed by atoms with Crippen molar-refractivity contribution in [3.63, 3.8) is 0 Å². The number of aryl methyl sites for hydroxylation is 1. The van der Waals surface area contributed by atoms with E-state index in [9.17, 15) is 9.59 Å². The van der Waals surface area contributed by atoms with Crippen LogP contribution in [0.4, 0.5) is 5.13 Å². The van der Waals surface area contributed by atoms with E-state index in [1.54, 1.807) is 6.07 Å². The molecule has 4 aromatic rings. The number of ether oxygens (including phenoxy) is 1. The number of aromatic nitrogens is 1. The molecule has 0 bridgehead atoms. The van der Waals surface area contributed by atoms with Gasteiger partial charge >= 0.3 is 5.63 Å². The first-order valence-corrected chi connectivity index (χ1v) is 10.7. The van der Waals surface area contributed by atoms with E-state index in [2.05, 4.69) is 16.9 Å². The van der Waals surface area contributed by atoms with Crippen LogP contribution in [-0.4, -0.2) is 17.5 Å². The number of benzene rings is 2. The minimum Gasteiger partial charge on any atom is -0.489 e. The summed E-state index contributed by atoms with van der Waals surface area (Å²) in [6.45, 7) is 7.96. The fourth-order valence-electron chi connectivity index (χ4n) is 3.31. The lowest BCUT2D eigenvalue weighted by atomic mass is 10.0. The van der Waals surface area contributed by atoms with Gasteiger partial charge in [-0.15, -0.1) is 0 Å². The highest BCUT2D eigenvalue weighted by Gasteiger charge is 2.15. The number of anilines is 1. The average Bonchev–Trinajstić information content (AvgIpc) is 3.14.